The lowest BCUT2D eigenvalue weighted by atomic mass is 10.1. The van der Waals surface area contributed by atoms with E-state index in [9.17, 15) is 13.6 Å². The van der Waals surface area contributed by atoms with Gasteiger partial charge in [-0.05, 0) is 56.2 Å². The third kappa shape index (κ3) is 4.32. The average Bonchev–Trinajstić information content (AvgIpc) is 3.44. The van der Waals surface area contributed by atoms with E-state index in [2.05, 4.69) is 15.5 Å². The van der Waals surface area contributed by atoms with E-state index in [0.29, 0.717) is 16.8 Å². The van der Waals surface area contributed by atoms with Gasteiger partial charge in [0.15, 0.2) is 5.16 Å². The number of hydrogen-bond acceptors (Lipinski definition) is 4. The van der Waals surface area contributed by atoms with Gasteiger partial charge in [-0.25, -0.2) is 8.78 Å². The Kier molecular flexibility index (Phi) is 5.36. The first-order chi connectivity index (χ1) is 13.9. The summed E-state index contributed by atoms with van der Waals surface area (Å²) in [7, 11) is 0. The lowest BCUT2D eigenvalue weighted by molar-refractivity contribution is -0.114. The van der Waals surface area contributed by atoms with Crippen LogP contribution in [0.1, 0.15) is 49.2 Å². The molecule has 1 amide bonds. The van der Waals surface area contributed by atoms with Crippen LogP contribution >= 0.6 is 11.8 Å². The topological polar surface area (TPSA) is 59.8 Å². The van der Waals surface area contributed by atoms with Gasteiger partial charge in [-0.15, -0.1) is 10.2 Å². The predicted molar refractivity (Wildman–Crippen MR) is 108 cm³/mol. The molecule has 1 N–H and O–H groups in total. The van der Waals surface area contributed by atoms with Gasteiger partial charge in [0.1, 0.15) is 17.5 Å². The lowest BCUT2D eigenvalue weighted by Gasteiger charge is -2.15. The van der Waals surface area contributed by atoms with Crippen LogP contribution < -0.4 is 5.32 Å². The van der Waals surface area contributed by atoms with E-state index >= 15 is 0 Å². The fourth-order valence-electron chi connectivity index (χ4n) is 3.18. The van der Waals surface area contributed by atoms with Crippen molar-refractivity contribution in [2.24, 2.45) is 0 Å². The van der Waals surface area contributed by atoms with Crippen LogP contribution in [0.15, 0.2) is 47.6 Å². The molecule has 1 aliphatic carbocycles. The van der Waals surface area contributed by atoms with Crippen molar-refractivity contribution in [1.29, 1.82) is 0 Å². The average molecular weight is 414 g/mol. The van der Waals surface area contributed by atoms with Crippen molar-refractivity contribution in [1.82, 2.24) is 14.8 Å². The van der Waals surface area contributed by atoms with Gasteiger partial charge < -0.3 is 5.32 Å². The molecule has 1 fully saturated rings. The van der Waals surface area contributed by atoms with Crippen LogP contribution in [0.5, 0.6) is 0 Å². The van der Waals surface area contributed by atoms with Gasteiger partial charge in [-0.1, -0.05) is 17.8 Å². The molecule has 3 aromatic rings. The Balaban J connectivity index is 1.70. The second-order valence-electron chi connectivity index (χ2n) is 7.11. The van der Waals surface area contributed by atoms with E-state index in [1.165, 1.54) is 24.8 Å². The van der Waals surface area contributed by atoms with Crippen LogP contribution in [0, 0.1) is 11.6 Å². The zero-order valence-electron chi connectivity index (χ0n) is 16.0. The van der Waals surface area contributed by atoms with Gasteiger partial charge in [0.05, 0.1) is 5.69 Å². The zero-order valence-corrected chi connectivity index (χ0v) is 16.8. The zero-order chi connectivity index (χ0) is 20.5. The van der Waals surface area contributed by atoms with Crippen LogP contribution in [0.25, 0.3) is 5.69 Å². The van der Waals surface area contributed by atoms with E-state index < -0.39 is 11.6 Å². The molecule has 0 radical (unpaired) electrons. The van der Waals surface area contributed by atoms with Gasteiger partial charge in [0.2, 0.25) is 5.91 Å². The molecular weight excluding hydrogens is 394 g/mol. The monoisotopic (exact) mass is 414 g/mol. The predicted octanol–water partition coefficient (Wildman–Crippen LogP) is 5.23. The summed E-state index contributed by atoms with van der Waals surface area (Å²) in [6, 6.07) is 10.9. The SMILES string of the molecule is CC(=O)Nc1cccc(-n2c(SC(C)c3cc(F)ccc3F)nnc2C2CC2)c1. The molecule has 0 bridgehead atoms. The molecule has 1 atom stereocenters. The number of benzene rings is 2. The lowest BCUT2D eigenvalue weighted by Crippen LogP contribution is -2.07. The molecule has 4 rings (SSSR count). The van der Waals surface area contributed by atoms with E-state index in [1.807, 2.05) is 35.8 Å². The Morgan fingerprint density at radius 3 is 2.72 bits per heavy atom. The highest BCUT2D eigenvalue weighted by molar-refractivity contribution is 7.99. The number of hydrogen-bond donors (Lipinski definition) is 1. The van der Waals surface area contributed by atoms with Crippen LogP contribution in [0.4, 0.5) is 14.5 Å². The maximum Gasteiger partial charge on any atom is 0.221 e. The third-order valence-corrected chi connectivity index (χ3v) is 5.79. The van der Waals surface area contributed by atoms with Crippen LogP contribution in [0.3, 0.4) is 0 Å². The Morgan fingerprint density at radius 1 is 1.21 bits per heavy atom. The number of thioether (sulfide) groups is 1. The number of amides is 1. The minimum Gasteiger partial charge on any atom is -0.326 e. The van der Waals surface area contributed by atoms with Gasteiger partial charge in [-0.2, -0.15) is 0 Å². The van der Waals surface area contributed by atoms with Gasteiger partial charge in [0.25, 0.3) is 0 Å². The van der Waals surface area contributed by atoms with Crippen LogP contribution in [0.2, 0.25) is 0 Å². The van der Waals surface area contributed by atoms with E-state index in [0.717, 1.165) is 36.5 Å². The summed E-state index contributed by atoms with van der Waals surface area (Å²) in [5, 5.41) is 11.7. The second kappa shape index (κ2) is 7.94. The first-order valence-corrected chi connectivity index (χ1v) is 10.3. The summed E-state index contributed by atoms with van der Waals surface area (Å²) in [5.74, 6) is 0.101. The van der Waals surface area contributed by atoms with Crippen molar-refractivity contribution < 1.29 is 13.6 Å². The van der Waals surface area contributed by atoms with E-state index in [4.69, 9.17) is 0 Å². The molecule has 2 aromatic carbocycles. The maximum absolute atomic E-state index is 14.2. The van der Waals surface area contributed by atoms with Gasteiger partial charge >= 0.3 is 0 Å². The van der Waals surface area contributed by atoms with E-state index in [1.54, 1.807) is 0 Å². The van der Waals surface area contributed by atoms with Crippen LogP contribution in [-0.4, -0.2) is 20.7 Å². The normalized spacial score (nSPS) is 14.6. The Morgan fingerprint density at radius 2 is 2.00 bits per heavy atom. The quantitative estimate of drug-likeness (QED) is 0.561. The van der Waals surface area contributed by atoms with Crippen molar-refractivity contribution in [3.05, 3.63) is 65.5 Å². The second-order valence-corrected chi connectivity index (χ2v) is 8.42. The number of anilines is 1. The first kappa shape index (κ1) is 19.6. The number of carbonyl (C=O) groups is 1. The van der Waals surface area contributed by atoms with Crippen molar-refractivity contribution >= 4 is 23.4 Å². The molecule has 0 spiro atoms. The minimum absolute atomic E-state index is 0.155. The van der Waals surface area contributed by atoms with Crippen LogP contribution in [-0.2, 0) is 4.79 Å². The molecule has 0 saturated heterocycles. The molecule has 29 heavy (non-hydrogen) atoms. The molecule has 8 heteroatoms. The highest BCUT2D eigenvalue weighted by Gasteiger charge is 2.31. The summed E-state index contributed by atoms with van der Waals surface area (Å²) >= 11 is 1.32. The van der Waals surface area contributed by atoms with Crippen molar-refractivity contribution in [2.75, 3.05) is 5.32 Å². The third-order valence-electron chi connectivity index (χ3n) is 4.70. The number of rotatable bonds is 6. The summed E-state index contributed by atoms with van der Waals surface area (Å²) in [6.45, 7) is 3.27. The summed E-state index contributed by atoms with van der Waals surface area (Å²) < 4.78 is 29.8. The number of aromatic nitrogens is 3. The van der Waals surface area contributed by atoms with E-state index in [-0.39, 0.29) is 16.7 Å². The molecule has 5 nitrogen and oxygen atoms in total. The molecule has 1 aliphatic rings. The number of nitrogens with zero attached hydrogens (tertiary/aromatic N) is 3. The minimum atomic E-state index is -0.475. The molecule has 0 aliphatic heterocycles. The van der Waals surface area contributed by atoms with Crippen molar-refractivity contribution in [2.45, 2.75) is 43.0 Å². The number of nitrogens with one attached hydrogen (secondary N) is 1. The summed E-state index contributed by atoms with van der Waals surface area (Å²) in [4.78, 5) is 11.4. The molecular formula is C21H20F2N4OS. The number of halogens is 2. The maximum atomic E-state index is 14.2. The Labute approximate surface area is 171 Å². The fourth-order valence-corrected chi connectivity index (χ4v) is 4.20. The Bertz CT molecular complexity index is 1060. The highest BCUT2D eigenvalue weighted by atomic mass is 32.2. The molecule has 1 aromatic heterocycles. The number of carbonyl (C=O) groups excluding carboxylic acids is 1. The van der Waals surface area contributed by atoms with Gasteiger partial charge in [0, 0.05) is 29.3 Å². The molecule has 1 unspecified atom stereocenters. The largest absolute Gasteiger partial charge is 0.326 e. The Hall–Kier alpha value is -2.74. The highest BCUT2D eigenvalue weighted by Crippen LogP contribution is 2.43. The van der Waals surface area contributed by atoms with Crippen molar-refractivity contribution in [3.63, 3.8) is 0 Å². The molecule has 150 valence electrons. The fraction of sp³-hybridized carbons (Fsp3) is 0.286. The summed E-state index contributed by atoms with van der Waals surface area (Å²) in [5.41, 5.74) is 1.77. The summed E-state index contributed by atoms with van der Waals surface area (Å²) in [6.07, 6.45) is 2.09. The smallest absolute Gasteiger partial charge is 0.221 e. The van der Waals surface area contributed by atoms with Crippen molar-refractivity contribution in [3.8, 4) is 5.69 Å². The molecule has 1 saturated carbocycles. The standard InChI is InChI=1S/C21H20F2N4OS/c1-12(18-10-15(22)8-9-19(18)23)29-21-26-25-20(14-6-7-14)27(21)17-5-3-4-16(11-17)24-13(2)28/h3-5,8-12,14H,6-7H2,1-2H3,(H,24,28). The first-order valence-electron chi connectivity index (χ1n) is 9.37. The van der Waals surface area contributed by atoms with Gasteiger partial charge in [-0.3, -0.25) is 9.36 Å². The molecule has 1 heterocycles.